The highest BCUT2D eigenvalue weighted by Gasteiger charge is 2.07. The molecule has 0 spiro atoms. The Morgan fingerprint density at radius 2 is 1.73 bits per heavy atom. The fourth-order valence-electron chi connectivity index (χ4n) is 2.36. The summed E-state index contributed by atoms with van der Waals surface area (Å²) in [7, 11) is 0. The van der Waals surface area contributed by atoms with Crippen LogP contribution in [0.1, 0.15) is 20.8 Å². The fourth-order valence-corrected chi connectivity index (χ4v) is 2.98. The first-order valence-electron chi connectivity index (χ1n) is 8.04. The molecule has 2 aromatic carbocycles. The summed E-state index contributed by atoms with van der Waals surface area (Å²) in [5, 5.41) is 4.82. The van der Waals surface area contributed by atoms with Crippen molar-refractivity contribution in [1.29, 1.82) is 0 Å². The summed E-state index contributed by atoms with van der Waals surface area (Å²) >= 11 is 1.64. The number of carbonyl (C=O) groups is 2. The second-order valence-corrected chi connectivity index (χ2v) is 6.72. The zero-order valence-corrected chi connectivity index (χ0v) is 14.8. The highest BCUT2D eigenvalue weighted by atomic mass is 32.1. The summed E-state index contributed by atoms with van der Waals surface area (Å²) in [5.74, 6) is 0.117. The summed E-state index contributed by atoms with van der Waals surface area (Å²) in [4.78, 5) is 24.4. The average molecular weight is 366 g/mol. The van der Waals surface area contributed by atoms with Gasteiger partial charge in [-0.2, -0.15) is 0 Å². The normalized spacial score (nSPS) is 10.3. The van der Waals surface area contributed by atoms with Crippen LogP contribution in [0, 0.1) is 0 Å². The maximum atomic E-state index is 12.3. The van der Waals surface area contributed by atoms with E-state index in [1.54, 1.807) is 59.9 Å². The number of rotatable bonds is 7. The monoisotopic (exact) mass is 366 g/mol. The van der Waals surface area contributed by atoms with Crippen LogP contribution in [0.2, 0.25) is 0 Å². The number of nitrogens with two attached hydrogens (primary N) is 1. The molecule has 0 saturated carbocycles. The van der Waals surface area contributed by atoms with Crippen molar-refractivity contribution in [3.05, 3.63) is 82.0 Å². The first-order chi connectivity index (χ1) is 12.6. The van der Waals surface area contributed by atoms with Crippen LogP contribution >= 0.6 is 11.3 Å². The molecule has 3 N–H and O–H groups in total. The van der Waals surface area contributed by atoms with Crippen LogP contribution in [0.3, 0.4) is 0 Å². The first kappa shape index (κ1) is 17.7. The van der Waals surface area contributed by atoms with Crippen LogP contribution < -0.4 is 15.8 Å². The van der Waals surface area contributed by atoms with Crippen LogP contribution in [-0.4, -0.2) is 11.8 Å². The van der Waals surface area contributed by atoms with Gasteiger partial charge in [0.2, 0.25) is 5.91 Å². The van der Waals surface area contributed by atoms with E-state index in [1.807, 2.05) is 17.5 Å². The summed E-state index contributed by atoms with van der Waals surface area (Å²) in [6, 6.07) is 18.0. The number of amides is 2. The molecule has 0 fully saturated rings. The number of ether oxygens (including phenoxy) is 1. The van der Waals surface area contributed by atoms with Crippen molar-refractivity contribution >= 4 is 28.8 Å². The van der Waals surface area contributed by atoms with Gasteiger partial charge in [0.05, 0.1) is 6.42 Å². The third kappa shape index (κ3) is 4.94. The lowest BCUT2D eigenvalue weighted by Crippen LogP contribution is -2.14. The smallest absolute Gasteiger partial charge is 0.255 e. The molecule has 2 amide bonds. The molecule has 0 aliphatic heterocycles. The molecule has 132 valence electrons. The molecular formula is C20H18N2O3S. The second-order valence-electron chi connectivity index (χ2n) is 5.69. The van der Waals surface area contributed by atoms with Gasteiger partial charge in [0, 0.05) is 16.1 Å². The van der Waals surface area contributed by atoms with E-state index in [0.29, 0.717) is 23.6 Å². The van der Waals surface area contributed by atoms with Gasteiger partial charge < -0.3 is 15.8 Å². The lowest BCUT2D eigenvalue weighted by atomic mass is 10.1. The highest BCUT2D eigenvalue weighted by molar-refractivity contribution is 7.09. The minimum Gasteiger partial charge on any atom is -0.488 e. The molecule has 0 unspecified atom stereocenters. The number of benzene rings is 2. The molecule has 1 aromatic heterocycles. The Hall–Kier alpha value is -3.12. The molecule has 3 rings (SSSR count). The zero-order chi connectivity index (χ0) is 18.4. The van der Waals surface area contributed by atoms with Crippen LogP contribution in [-0.2, 0) is 17.8 Å². The molecule has 0 bridgehead atoms. The van der Waals surface area contributed by atoms with Gasteiger partial charge in [-0.25, -0.2) is 0 Å². The van der Waals surface area contributed by atoms with Crippen molar-refractivity contribution in [1.82, 2.24) is 0 Å². The minimum absolute atomic E-state index is 0.182. The Labute approximate surface area is 155 Å². The largest absolute Gasteiger partial charge is 0.488 e. The SMILES string of the molecule is NC(=O)Cc1ccc(NC(=O)c2ccc(OCc3cccs3)cc2)cc1. The fraction of sp³-hybridized carbons (Fsp3) is 0.100. The van der Waals surface area contributed by atoms with Crippen molar-refractivity contribution in [2.24, 2.45) is 5.73 Å². The predicted molar refractivity (Wildman–Crippen MR) is 102 cm³/mol. The summed E-state index contributed by atoms with van der Waals surface area (Å²) in [5.41, 5.74) is 7.16. The maximum Gasteiger partial charge on any atom is 0.255 e. The number of primary amides is 1. The van der Waals surface area contributed by atoms with Gasteiger partial charge in [-0.05, 0) is 53.4 Å². The van der Waals surface area contributed by atoms with E-state index < -0.39 is 0 Å². The molecule has 3 aromatic rings. The van der Waals surface area contributed by atoms with Gasteiger partial charge in [0.25, 0.3) is 5.91 Å². The van der Waals surface area contributed by atoms with Crippen molar-refractivity contribution in [2.45, 2.75) is 13.0 Å². The number of thiophene rings is 1. The van der Waals surface area contributed by atoms with Gasteiger partial charge in [0.1, 0.15) is 12.4 Å². The van der Waals surface area contributed by atoms with Crippen molar-refractivity contribution < 1.29 is 14.3 Å². The number of nitrogens with one attached hydrogen (secondary N) is 1. The Morgan fingerprint density at radius 3 is 2.35 bits per heavy atom. The lowest BCUT2D eigenvalue weighted by molar-refractivity contribution is -0.117. The lowest BCUT2D eigenvalue weighted by Gasteiger charge is -2.08. The van der Waals surface area contributed by atoms with Gasteiger partial charge in [-0.15, -0.1) is 11.3 Å². The maximum absolute atomic E-state index is 12.3. The quantitative estimate of drug-likeness (QED) is 0.670. The van der Waals surface area contributed by atoms with E-state index in [1.165, 1.54) is 0 Å². The molecule has 26 heavy (non-hydrogen) atoms. The molecule has 5 nitrogen and oxygen atoms in total. The second kappa shape index (κ2) is 8.31. The molecule has 1 heterocycles. The standard InChI is InChI=1S/C20H18N2O3S/c21-19(23)12-14-3-7-16(8-4-14)22-20(24)15-5-9-17(10-6-15)25-13-18-2-1-11-26-18/h1-11H,12-13H2,(H2,21,23)(H,22,24). The number of carbonyl (C=O) groups excluding carboxylic acids is 2. The third-order valence-electron chi connectivity index (χ3n) is 3.67. The Bertz CT molecular complexity index is 872. The molecule has 0 aliphatic rings. The van der Waals surface area contributed by atoms with E-state index in [-0.39, 0.29) is 18.2 Å². The summed E-state index contributed by atoms with van der Waals surface area (Å²) in [6.07, 6.45) is 0.182. The Kier molecular flexibility index (Phi) is 5.66. The first-order valence-corrected chi connectivity index (χ1v) is 8.92. The van der Waals surface area contributed by atoms with Gasteiger partial charge in [0.15, 0.2) is 0 Å². The molecular weight excluding hydrogens is 348 g/mol. The number of hydrogen-bond acceptors (Lipinski definition) is 4. The average Bonchev–Trinajstić information content (AvgIpc) is 3.15. The third-order valence-corrected chi connectivity index (χ3v) is 4.52. The molecule has 0 saturated heterocycles. The van der Waals surface area contributed by atoms with Crippen LogP contribution in [0.15, 0.2) is 66.0 Å². The van der Waals surface area contributed by atoms with Crippen LogP contribution in [0.5, 0.6) is 5.75 Å². The molecule has 0 aliphatic carbocycles. The summed E-state index contributed by atoms with van der Waals surface area (Å²) in [6.45, 7) is 0.515. The topological polar surface area (TPSA) is 81.4 Å². The molecule has 0 atom stereocenters. The van der Waals surface area contributed by atoms with E-state index in [0.717, 1.165) is 10.4 Å². The van der Waals surface area contributed by atoms with E-state index in [2.05, 4.69) is 5.32 Å². The van der Waals surface area contributed by atoms with Crippen LogP contribution in [0.25, 0.3) is 0 Å². The van der Waals surface area contributed by atoms with Crippen molar-refractivity contribution in [3.8, 4) is 5.75 Å². The van der Waals surface area contributed by atoms with E-state index in [9.17, 15) is 9.59 Å². The number of anilines is 1. The van der Waals surface area contributed by atoms with E-state index >= 15 is 0 Å². The summed E-state index contributed by atoms with van der Waals surface area (Å²) < 4.78 is 5.69. The highest BCUT2D eigenvalue weighted by Crippen LogP contribution is 2.17. The number of hydrogen-bond donors (Lipinski definition) is 2. The van der Waals surface area contributed by atoms with Crippen molar-refractivity contribution in [2.75, 3.05) is 5.32 Å². The van der Waals surface area contributed by atoms with E-state index in [4.69, 9.17) is 10.5 Å². The predicted octanol–water partition coefficient (Wildman–Crippen LogP) is 3.61. The Morgan fingerprint density at radius 1 is 1.00 bits per heavy atom. The zero-order valence-electron chi connectivity index (χ0n) is 14.0. The Balaban J connectivity index is 1.56. The minimum atomic E-state index is -0.386. The van der Waals surface area contributed by atoms with Gasteiger partial charge >= 0.3 is 0 Å². The molecule has 6 heteroatoms. The van der Waals surface area contributed by atoms with Crippen molar-refractivity contribution in [3.63, 3.8) is 0 Å². The molecule has 0 radical (unpaired) electrons. The van der Waals surface area contributed by atoms with Gasteiger partial charge in [-0.1, -0.05) is 18.2 Å². The van der Waals surface area contributed by atoms with Gasteiger partial charge in [-0.3, -0.25) is 9.59 Å². The van der Waals surface area contributed by atoms with Crippen LogP contribution in [0.4, 0.5) is 5.69 Å².